The summed E-state index contributed by atoms with van der Waals surface area (Å²) in [5.74, 6) is 0.346. The number of aromatic nitrogens is 1. The van der Waals surface area contributed by atoms with E-state index in [1.165, 1.54) is 0 Å². The molecule has 0 spiro atoms. The number of fused-ring (bicyclic) bond motifs is 1. The number of nitrogens with one attached hydrogen (secondary N) is 2. The van der Waals surface area contributed by atoms with E-state index in [0.29, 0.717) is 0 Å². The Balaban J connectivity index is 1.52. The van der Waals surface area contributed by atoms with Crippen molar-refractivity contribution >= 4 is 28.2 Å². The lowest BCUT2D eigenvalue weighted by atomic mass is 9.83. The Morgan fingerprint density at radius 1 is 1.21 bits per heavy atom. The zero-order valence-electron chi connectivity index (χ0n) is 13.9. The van der Waals surface area contributed by atoms with Crippen LogP contribution in [0.3, 0.4) is 0 Å². The van der Waals surface area contributed by atoms with Gasteiger partial charge in [-0.25, -0.2) is 0 Å². The van der Waals surface area contributed by atoms with Crippen LogP contribution in [0.1, 0.15) is 32.6 Å². The Morgan fingerprint density at radius 2 is 2.08 bits per heavy atom. The van der Waals surface area contributed by atoms with E-state index in [1.54, 1.807) is 19.3 Å². The van der Waals surface area contributed by atoms with Gasteiger partial charge in [0.2, 0.25) is 5.91 Å². The molecular weight excluding hydrogens is 302 g/mol. The first kappa shape index (κ1) is 16.6. The van der Waals surface area contributed by atoms with E-state index in [2.05, 4.69) is 15.6 Å². The summed E-state index contributed by atoms with van der Waals surface area (Å²) < 4.78 is 0. The van der Waals surface area contributed by atoms with Gasteiger partial charge in [-0.1, -0.05) is 12.5 Å². The standard InChI is InChI=1S/C19H23N3O2/c1-13(23)14-3-2-4-17(9-14)21-12-19(24)22-18-6-5-16-11-20-8-7-15(16)10-18/h5-8,10-11,14,17,21H,2-4,9,12H2,1H3,(H,22,24). The minimum absolute atomic E-state index is 0.0617. The highest BCUT2D eigenvalue weighted by atomic mass is 16.2. The van der Waals surface area contributed by atoms with Crippen molar-refractivity contribution in [3.8, 4) is 0 Å². The topological polar surface area (TPSA) is 71.1 Å². The van der Waals surface area contributed by atoms with Gasteiger partial charge in [0, 0.05) is 35.4 Å². The fourth-order valence-corrected chi connectivity index (χ4v) is 3.35. The molecule has 0 bridgehead atoms. The Morgan fingerprint density at radius 3 is 2.92 bits per heavy atom. The molecule has 1 aliphatic carbocycles. The monoisotopic (exact) mass is 325 g/mol. The van der Waals surface area contributed by atoms with Crippen LogP contribution < -0.4 is 10.6 Å². The first-order valence-corrected chi connectivity index (χ1v) is 8.49. The molecule has 1 aromatic carbocycles. The van der Waals surface area contributed by atoms with Crippen molar-refractivity contribution in [2.24, 2.45) is 5.92 Å². The summed E-state index contributed by atoms with van der Waals surface area (Å²) in [6.07, 6.45) is 7.43. The molecule has 0 aliphatic heterocycles. The van der Waals surface area contributed by atoms with E-state index in [0.717, 1.165) is 42.1 Å². The van der Waals surface area contributed by atoms with E-state index in [9.17, 15) is 9.59 Å². The number of ketones is 1. The van der Waals surface area contributed by atoms with Gasteiger partial charge in [0.1, 0.15) is 5.78 Å². The van der Waals surface area contributed by atoms with Gasteiger partial charge in [0.05, 0.1) is 6.54 Å². The van der Waals surface area contributed by atoms with Crippen molar-refractivity contribution in [2.75, 3.05) is 11.9 Å². The molecule has 1 amide bonds. The van der Waals surface area contributed by atoms with E-state index in [4.69, 9.17) is 0 Å². The predicted octanol–water partition coefficient (Wildman–Crippen LogP) is 2.91. The molecule has 1 heterocycles. The lowest BCUT2D eigenvalue weighted by Gasteiger charge is -2.28. The van der Waals surface area contributed by atoms with E-state index in [-0.39, 0.29) is 30.2 Å². The average Bonchev–Trinajstić information content (AvgIpc) is 2.60. The van der Waals surface area contributed by atoms with Crippen LogP contribution in [0.25, 0.3) is 10.8 Å². The van der Waals surface area contributed by atoms with Crippen LogP contribution >= 0.6 is 0 Å². The Kier molecular flexibility index (Phi) is 5.20. The van der Waals surface area contributed by atoms with Gasteiger partial charge in [-0.05, 0) is 49.8 Å². The third-order valence-corrected chi connectivity index (χ3v) is 4.72. The maximum Gasteiger partial charge on any atom is 0.238 e. The molecule has 5 nitrogen and oxygen atoms in total. The molecule has 5 heteroatoms. The molecule has 2 unspecified atom stereocenters. The first-order valence-electron chi connectivity index (χ1n) is 8.49. The molecule has 1 aromatic heterocycles. The van der Waals surface area contributed by atoms with Crippen LogP contribution in [0, 0.1) is 5.92 Å². The Hall–Kier alpha value is -2.27. The first-order chi connectivity index (χ1) is 11.6. The highest BCUT2D eigenvalue weighted by molar-refractivity contribution is 5.95. The van der Waals surface area contributed by atoms with E-state index >= 15 is 0 Å². The van der Waals surface area contributed by atoms with Crippen LogP contribution in [0.5, 0.6) is 0 Å². The zero-order chi connectivity index (χ0) is 16.9. The number of pyridine rings is 1. The van der Waals surface area contributed by atoms with Crippen molar-refractivity contribution < 1.29 is 9.59 Å². The van der Waals surface area contributed by atoms with Crippen LogP contribution in [-0.4, -0.2) is 29.3 Å². The molecule has 3 rings (SSSR count). The average molecular weight is 325 g/mol. The number of hydrogen-bond acceptors (Lipinski definition) is 4. The number of carbonyl (C=O) groups excluding carboxylic acids is 2. The zero-order valence-corrected chi connectivity index (χ0v) is 13.9. The number of Topliss-reactive ketones (excluding diaryl/α,β-unsaturated/α-hetero) is 1. The second-order valence-corrected chi connectivity index (χ2v) is 6.54. The number of carbonyl (C=O) groups is 2. The molecule has 1 aliphatic rings. The third-order valence-electron chi connectivity index (χ3n) is 4.72. The molecule has 24 heavy (non-hydrogen) atoms. The number of amides is 1. The van der Waals surface area contributed by atoms with Gasteiger partial charge >= 0.3 is 0 Å². The SMILES string of the molecule is CC(=O)C1CCCC(NCC(=O)Nc2ccc3cnccc3c2)C1. The summed E-state index contributed by atoms with van der Waals surface area (Å²) in [6.45, 7) is 1.93. The highest BCUT2D eigenvalue weighted by Crippen LogP contribution is 2.25. The molecule has 1 fully saturated rings. The Bertz CT molecular complexity index is 744. The van der Waals surface area contributed by atoms with Crippen molar-refractivity contribution in [1.29, 1.82) is 0 Å². The number of benzene rings is 1. The molecule has 1 saturated carbocycles. The normalized spacial score (nSPS) is 20.7. The second-order valence-electron chi connectivity index (χ2n) is 6.54. The van der Waals surface area contributed by atoms with E-state index in [1.807, 2.05) is 24.3 Å². The summed E-state index contributed by atoms with van der Waals surface area (Å²) in [5, 5.41) is 8.30. The van der Waals surface area contributed by atoms with Gasteiger partial charge in [0.15, 0.2) is 0 Å². The fraction of sp³-hybridized carbons (Fsp3) is 0.421. The van der Waals surface area contributed by atoms with Crippen molar-refractivity contribution in [1.82, 2.24) is 10.3 Å². The van der Waals surface area contributed by atoms with Gasteiger partial charge in [-0.2, -0.15) is 0 Å². The molecule has 0 saturated heterocycles. The summed E-state index contributed by atoms with van der Waals surface area (Å²) in [5.41, 5.74) is 0.783. The van der Waals surface area contributed by atoms with Crippen LogP contribution in [0.4, 0.5) is 5.69 Å². The molecule has 2 aromatic rings. The van der Waals surface area contributed by atoms with Gasteiger partial charge in [-0.3, -0.25) is 14.6 Å². The molecule has 2 N–H and O–H groups in total. The minimum Gasteiger partial charge on any atom is -0.325 e. The summed E-state index contributed by atoms with van der Waals surface area (Å²) in [4.78, 5) is 27.8. The molecular formula is C19H23N3O2. The smallest absolute Gasteiger partial charge is 0.238 e. The van der Waals surface area contributed by atoms with Crippen molar-refractivity contribution in [2.45, 2.75) is 38.6 Å². The van der Waals surface area contributed by atoms with Gasteiger partial charge in [-0.15, -0.1) is 0 Å². The van der Waals surface area contributed by atoms with Crippen molar-refractivity contribution in [3.05, 3.63) is 36.7 Å². The van der Waals surface area contributed by atoms with Crippen LogP contribution in [-0.2, 0) is 9.59 Å². The fourth-order valence-electron chi connectivity index (χ4n) is 3.35. The molecule has 2 atom stereocenters. The number of rotatable bonds is 5. The lowest BCUT2D eigenvalue weighted by Crippen LogP contribution is -2.40. The summed E-state index contributed by atoms with van der Waals surface area (Å²) >= 11 is 0. The number of anilines is 1. The largest absolute Gasteiger partial charge is 0.325 e. The quantitative estimate of drug-likeness (QED) is 0.887. The van der Waals surface area contributed by atoms with Gasteiger partial charge in [0.25, 0.3) is 0 Å². The number of nitrogens with zero attached hydrogens (tertiary/aromatic N) is 1. The maximum absolute atomic E-state index is 12.2. The summed E-state index contributed by atoms with van der Waals surface area (Å²) in [6, 6.07) is 7.95. The Labute approximate surface area is 141 Å². The van der Waals surface area contributed by atoms with Crippen molar-refractivity contribution in [3.63, 3.8) is 0 Å². The lowest BCUT2D eigenvalue weighted by molar-refractivity contribution is -0.121. The molecule has 0 radical (unpaired) electrons. The van der Waals surface area contributed by atoms with Gasteiger partial charge < -0.3 is 10.6 Å². The summed E-state index contributed by atoms with van der Waals surface area (Å²) in [7, 11) is 0. The van der Waals surface area contributed by atoms with Crippen LogP contribution in [0.15, 0.2) is 36.7 Å². The number of hydrogen-bond donors (Lipinski definition) is 2. The predicted molar refractivity (Wildman–Crippen MR) is 94.8 cm³/mol. The minimum atomic E-state index is -0.0617. The third kappa shape index (κ3) is 4.17. The molecule has 126 valence electrons. The van der Waals surface area contributed by atoms with Crippen LogP contribution in [0.2, 0.25) is 0 Å². The highest BCUT2D eigenvalue weighted by Gasteiger charge is 2.24. The maximum atomic E-state index is 12.2. The second kappa shape index (κ2) is 7.53. The van der Waals surface area contributed by atoms with E-state index < -0.39 is 0 Å².